The number of pyridine rings is 1. The molecule has 2 aliphatic rings. The van der Waals surface area contributed by atoms with Crippen molar-refractivity contribution in [3.8, 4) is 0 Å². The molecule has 1 atom stereocenters. The van der Waals surface area contributed by atoms with Crippen LogP contribution < -0.4 is 0 Å². The Hall–Kier alpha value is -2.74. The molecule has 0 spiro atoms. The first-order valence-corrected chi connectivity index (χ1v) is 13.0. The van der Waals surface area contributed by atoms with Crippen molar-refractivity contribution in [1.29, 1.82) is 0 Å². The summed E-state index contributed by atoms with van der Waals surface area (Å²) in [7, 11) is 0. The lowest BCUT2D eigenvalue weighted by Crippen LogP contribution is -2.42. The van der Waals surface area contributed by atoms with Crippen LogP contribution in [0, 0.1) is 11.8 Å². The van der Waals surface area contributed by atoms with E-state index in [4.69, 9.17) is 0 Å². The van der Waals surface area contributed by atoms with Gasteiger partial charge in [0.2, 0.25) is 5.91 Å². The van der Waals surface area contributed by atoms with E-state index in [1.54, 1.807) is 6.20 Å². The minimum Gasteiger partial charge on any atom is -0.384 e. The molecule has 2 aromatic rings. The third-order valence-corrected chi connectivity index (χ3v) is 8.08. The third kappa shape index (κ3) is 6.40. The van der Waals surface area contributed by atoms with Crippen LogP contribution in [-0.4, -0.2) is 38.8 Å². The molecule has 0 radical (unpaired) electrons. The van der Waals surface area contributed by atoms with E-state index in [9.17, 15) is 27.9 Å². The van der Waals surface area contributed by atoms with Gasteiger partial charge in [-0.3, -0.25) is 14.6 Å². The summed E-state index contributed by atoms with van der Waals surface area (Å²) in [4.78, 5) is 31.8. The highest BCUT2D eigenvalue weighted by Gasteiger charge is 2.43. The fourth-order valence-corrected chi connectivity index (χ4v) is 6.11. The lowest BCUT2D eigenvalue weighted by atomic mass is 9.73. The SMILES string of the molecule is CC1(C)CC(CC2CCC(O)(c3ccccn3)CC2)CN1C(=O)CCC(=O)c1cccc(C(F)(F)F)c1. The fourth-order valence-electron chi connectivity index (χ4n) is 6.11. The fraction of sp³-hybridized carbons (Fsp3) is 0.552. The first-order valence-electron chi connectivity index (χ1n) is 13.0. The summed E-state index contributed by atoms with van der Waals surface area (Å²) in [5.41, 5.74) is -1.38. The van der Waals surface area contributed by atoms with Crippen LogP contribution in [0.3, 0.4) is 0 Å². The molecule has 2 fully saturated rings. The van der Waals surface area contributed by atoms with Crippen LogP contribution in [0.5, 0.6) is 0 Å². The number of aromatic nitrogens is 1. The second-order valence-corrected chi connectivity index (χ2v) is 11.3. The van der Waals surface area contributed by atoms with Gasteiger partial charge < -0.3 is 10.0 Å². The minimum absolute atomic E-state index is 0.0221. The molecule has 1 saturated carbocycles. The number of nitrogens with zero attached hydrogens (tertiary/aromatic N) is 2. The topological polar surface area (TPSA) is 70.5 Å². The number of likely N-dealkylation sites (tertiary alicyclic amines) is 1. The highest BCUT2D eigenvalue weighted by molar-refractivity contribution is 5.98. The molecule has 1 unspecified atom stereocenters. The van der Waals surface area contributed by atoms with Gasteiger partial charge >= 0.3 is 6.18 Å². The Balaban J connectivity index is 1.29. The number of halogens is 3. The molecule has 37 heavy (non-hydrogen) atoms. The number of Topliss-reactive ketones (excluding diaryl/α,β-unsaturated/α-hetero) is 1. The summed E-state index contributed by atoms with van der Waals surface area (Å²) >= 11 is 0. The van der Waals surface area contributed by atoms with Crippen molar-refractivity contribution in [2.45, 2.75) is 82.5 Å². The van der Waals surface area contributed by atoms with Crippen LogP contribution in [0.2, 0.25) is 0 Å². The summed E-state index contributed by atoms with van der Waals surface area (Å²) in [5.74, 6) is 0.211. The van der Waals surface area contributed by atoms with Crippen LogP contribution >= 0.6 is 0 Å². The van der Waals surface area contributed by atoms with Gasteiger partial charge in [0, 0.05) is 36.7 Å². The van der Waals surface area contributed by atoms with Crippen LogP contribution in [0.1, 0.15) is 86.8 Å². The zero-order valence-corrected chi connectivity index (χ0v) is 21.4. The van der Waals surface area contributed by atoms with E-state index in [1.807, 2.05) is 36.9 Å². The number of alkyl halides is 3. The van der Waals surface area contributed by atoms with Crippen LogP contribution in [0.25, 0.3) is 0 Å². The van der Waals surface area contributed by atoms with Gasteiger partial charge in [0.25, 0.3) is 0 Å². The Morgan fingerprint density at radius 3 is 2.43 bits per heavy atom. The van der Waals surface area contributed by atoms with Gasteiger partial charge in [-0.05, 0) is 88.5 Å². The third-order valence-electron chi connectivity index (χ3n) is 8.08. The summed E-state index contributed by atoms with van der Waals surface area (Å²) in [6, 6.07) is 9.97. The molecule has 1 N–H and O–H groups in total. The van der Waals surface area contributed by atoms with Gasteiger partial charge in [-0.1, -0.05) is 18.2 Å². The summed E-state index contributed by atoms with van der Waals surface area (Å²) in [6.07, 6.45) is 2.05. The maximum atomic E-state index is 13.1. The Morgan fingerprint density at radius 2 is 1.78 bits per heavy atom. The Morgan fingerprint density at radius 1 is 1.05 bits per heavy atom. The molecule has 200 valence electrons. The highest BCUT2D eigenvalue weighted by Crippen LogP contribution is 2.43. The van der Waals surface area contributed by atoms with Crippen LogP contribution in [0.15, 0.2) is 48.7 Å². The van der Waals surface area contributed by atoms with E-state index in [0.29, 0.717) is 31.2 Å². The number of carbonyl (C=O) groups is 2. The monoisotopic (exact) mass is 516 g/mol. The van der Waals surface area contributed by atoms with Gasteiger partial charge in [0.05, 0.1) is 11.3 Å². The predicted molar refractivity (Wildman–Crippen MR) is 134 cm³/mol. The van der Waals surface area contributed by atoms with E-state index in [2.05, 4.69) is 4.98 Å². The normalized spacial score (nSPS) is 25.7. The number of aliphatic hydroxyl groups is 1. The van der Waals surface area contributed by atoms with Crippen molar-refractivity contribution in [3.63, 3.8) is 0 Å². The van der Waals surface area contributed by atoms with E-state index < -0.39 is 23.1 Å². The average molecular weight is 517 g/mol. The smallest absolute Gasteiger partial charge is 0.384 e. The molecule has 1 aromatic heterocycles. The molecular formula is C29H35F3N2O3. The Kier molecular flexibility index (Phi) is 7.79. The molecule has 1 aliphatic heterocycles. The number of hydrogen-bond acceptors (Lipinski definition) is 4. The molecule has 1 aliphatic carbocycles. The lowest BCUT2D eigenvalue weighted by Gasteiger charge is -2.36. The molecule has 4 rings (SSSR count). The summed E-state index contributed by atoms with van der Waals surface area (Å²) in [6.45, 7) is 4.67. The quantitative estimate of drug-likeness (QED) is 0.448. The van der Waals surface area contributed by atoms with Crippen molar-refractivity contribution in [3.05, 3.63) is 65.5 Å². The molecular weight excluding hydrogens is 481 g/mol. The maximum absolute atomic E-state index is 13.1. The molecule has 1 aromatic carbocycles. The summed E-state index contributed by atoms with van der Waals surface area (Å²) < 4.78 is 38.9. The van der Waals surface area contributed by atoms with Gasteiger partial charge in [-0.15, -0.1) is 0 Å². The first-order chi connectivity index (χ1) is 17.4. The van der Waals surface area contributed by atoms with Gasteiger partial charge in [0.1, 0.15) is 5.60 Å². The number of carbonyl (C=O) groups excluding carboxylic acids is 2. The first kappa shape index (κ1) is 27.3. The number of amides is 1. The minimum atomic E-state index is -4.52. The number of ketones is 1. The summed E-state index contributed by atoms with van der Waals surface area (Å²) in [5, 5.41) is 11.1. The lowest BCUT2D eigenvalue weighted by molar-refractivity contribution is -0.137. The van der Waals surface area contributed by atoms with Gasteiger partial charge in [0.15, 0.2) is 5.78 Å². The number of benzene rings is 1. The molecule has 5 nitrogen and oxygen atoms in total. The van der Waals surface area contributed by atoms with Gasteiger partial charge in [-0.25, -0.2) is 0 Å². The molecule has 1 amide bonds. The molecule has 2 heterocycles. The van der Waals surface area contributed by atoms with Crippen LogP contribution in [-0.2, 0) is 16.6 Å². The van der Waals surface area contributed by atoms with E-state index >= 15 is 0 Å². The van der Waals surface area contributed by atoms with Crippen molar-refractivity contribution >= 4 is 11.7 Å². The zero-order valence-electron chi connectivity index (χ0n) is 21.4. The van der Waals surface area contributed by atoms with Crippen molar-refractivity contribution < 1.29 is 27.9 Å². The van der Waals surface area contributed by atoms with Crippen molar-refractivity contribution in [1.82, 2.24) is 9.88 Å². The predicted octanol–water partition coefficient (Wildman–Crippen LogP) is 6.16. The number of rotatable bonds is 7. The van der Waals surface area contributed by atoms with Gasteiger partial charge in [-0.2, -0.15) is 13.2 Å². The molecule has 1 saturated heterocycles. The van der Waals surface area contributed by atoms with E-state index in [1.165, 1.54) is 12.1 Å². The largest absolute Gasteiger partial charge is 0.416 e. The van der Waals surface area contributed by atoms with E-state index in [0.717, 1.165) is 43.5 Å². The standard InChI is InChI=1S/C29H35F3N2O3/c1-27(2)18-21(16-20-11-13-28(37,14-12-20)25-8-3-4-15-33-25)19-34(27)26(36)10-9-24(35)22-6-5-7-23(17-22)29(30,31)32/h3-8,15,17,20-21,37H,9-14,16,18-19H2,1-2H3. The molecule has 0 bridgehead atoms. The average Bonchev–Trinajstić information content (AvgIpc) is 3.17. The van der Waals surface area contributed by atoms with Crippen molar-refractivity contribution in [2.24, 2.45) is 11.8 Å². The second kappa shape index (κ2) is 10.6. The second-order valence-electron chi connectivity index (χ2n) is 11.3. The molecule has 8 heteroatoms. The highest BCUT2D eigenvalue weighted by atomic mass is 19.4. The zero-order chi connectivity index (χ0) is 26.8. The Bertz CT molecular complexity index is 1110. The number of hydrogen-bond donors (Lipinski definition) is 1. The van der Waals surface area contributed by atoms with E-state index in [-0.39, 0.29) is 29.9 Å². The Labute approximate surface area is 216 Å². The van der Waals surface area contributed by atoms with Crippen LogP contribution in [0.4, 0.5) is 13.2 Å². The maximum Gasteiger partial charge on any atom is 0.416 e. The van der Waals surface area contributed by atoms with Crippen molar-refractivity contribution in [2.75, 3.05) is 6.54 Å².